The molecule has 0 aromatic heterocycles. The van der Waals surface area contributed by atoms with E-state index in [1.165, 1.54) is 0 Å². The molecule has 3 aromatic carbocycles. The van der Waals surface area contributed by atoms with E-state index in [9.17, 15) is 9.59 Å². The molecule has 2 amide bonds. The molecule has 1 atom stereocenters. The van der Waals surface area contributed by atoms with Crippen LogP contribution in [0, 0.1) is 0 Å². The molecule has 1 unspecified atom stereocenters. The Labute approximate surface area is 275 Å². The smallest absolute Gasteiger partial charge is 0.410 e. The average Bonchev–Trinajstić information content (AvgIpc) is 3.86. The summed E-state index contributed by atoms with van der Waals surface area (Å²) in [6, 6.07) is 23.2. The van der Waals surface area contributed by atoms with Crippen molar-refractivity contribution in [2.24, 2.45) is 0 Å². The third kappa shape index (κ3) is 8.08. The number of benzene rings is 3. The molecule has 3 aromatic rings. The lowest BCUT2D eigenvalue weighted by molar-refractivity contribution is -0.129. The number of methoxy groups -OCH3 is 1. The van der Waals surface area contributed by atoms with E-state index in [1.54, 1.807) is 18.1 Å². The van der Waals surface area contributed by atoms with E-state index in [1.807, 2.05) is 68.1 Å². The minimum absolute atomic E-state index is 0.0173. The van der Waals surface area contributed by atoms with Crippen molar-refractivity contribution in [2.45, 2.75) is 64.3 Å². The van der Waals surface area contributed by atoms with Gasteiger partial charge in [0.05, 0.1) is 22.7 Å². The summed E-state index contributed by atoms with van der Waals surface area (Å²) in [6.45, 7) is 6.23. The second-order valence-electron chi connectivity index (χ2n) is 12.4. The summed E-state index contributed by atoms with van der Waals surface area (Å²) < 4.78 is 16.9. The van der Waals surface area contributed by atoms with Gasteiger partial charge in [-0.3, -0.25) is 9.69 Å². The van der Waals surface area contributed by atoms with Crippen molar-refractivity contribution >= 4 is 40.8 Å². The summed E-state index contributed by atoms with van der Waals surface area (Å²) in [5.41, 5.74) is 4.50. The second-order valence-corrected chi connectivity index (χ2v) is 13.2. The fourth-order valence-corrected chi connectivity index (χ4v) is 6.07. The summed E-state index contributed by atoms with van der Waals surface area (Å²) in [6.07, 6.45) is 1.75. The Balaban J connectivity index is 1.63. The van der Waals surface area contributed by atoms with Crippen molar-refractivity contribution < 1.29 is 23.8 Å². The minimum Gasteiger partial charge on any atom is -0.444 e. The zero-order chi connectivity index (χ0) is 32.1. The first-order valence-corrected chi connectivity index (χ1v) is 16.0. The molecule has 0 spiro atoms. The normalized spacial score (nSPS) is 16.9. The Hall–Kier alpha value is -3.36. The Kier molecular flexibility index (Phi) is 10.6. The number of hydrogen-bond donors (Lipinski definition) is 0. The molecular formula is C36H40Cl2N2O5. The molecule has 0 bridgehead atoms. The predicted molar refractivity (Wildman–Crippen MR) is 178 cm³/mol. The van der Waals surface area contributed by atoms with Gasteiger partial charge in [0, 0.05) is 31.8 Å². The first kappa shape index (κ1) is 33.0. The van der Waals surface area contributed by atoms with Gasteiger partial charge in [0.25, 0.3) is 5.91 Å². The van der Waals surface area contributed by atoms with Crippen LogP contribution in [0.4, 0.5) is 4.79 Å². The van der Waals surface area contributed by atoms with Crippen molar-refractivity contribution in [3.8, 4) is 11.1 Å². The molecule has 5 rings (SSSR count). The summed E-state index contributed by atoms with van der Waals surface area (Å²) in [7, 11) is 1.54. The molecule has 0 radical (unpaired) electrons. The molecule has 1 aliphatic heterocycles. The monoisotopic (exact) mass is 650 g/mol. The summed E-state index contributed by atoms with van der Waals surface area (Å²) in [4.78, 5) is 32.1. The Morgan fingerprint density at radius 3 is 2.31 bits per heavy atom. The molecular weight excluding hydrogens is 611 g/mol. The van der Waals surface area contributed by atoms with Crippen LogP contribution >= 0.6 is 23.2 Å². The molecule has 45 heavy (non-hydrogen) atoms. The number of ether oxygens (including phenoxy) is 3. The first-order valence-electron chi connectivity index (χ1n) is 15.3. The lowest BCUT2D eigenvalue weighted by Crippen LogP contribution is -2.52. The van der Waals surface area contributed by atoms with E-state index in [4.69, 9.17) is 37.4 Å². The molecule has 0 saturated heterocycles. The number of carbonyl (C=O) groups is 2. The van der Waals surface area contributed by atoms with Crippen molar-refractivity contribution in [1.29, 1.82) is 0 Å². The molecule has 9 heteroatoms. The van der Waals surface area contributed by atoms with E-state index < -0.39 is 17.7 Å². The van der Waals surface area contributed by atoms with Gasteiger partial charge in [-0.15, -0.1) is 0 Å². The highest BCUT2D eigenvalue weighted by Crippen LogP contribution is 2.39. The van der Waals surface area contributed by atoms with Crippen LogP contribution in [0.5, 0.6) is 0 Å². The predicted octanol–water partition coefficient (Wildman–Crippen LogP) is 8.24. The van der Waals surface area contributed by atoms with E-state index >= 15 is 0 Å². The maximum atomic E-state index is 14.9. The van der Waals surface area contributed by atoms with E-state index in [-0.39, 0.29) is 25.3 Å². The summed E-state index contributed by atoms with van der Waals surface area (Å²) >= 11 is 13.0. The van der Waals surface area contributed by atoms with Crippen molar-refractivity contribution in [2.75, 3.05) is 27.1 Å². The average molecular weight is 652 g/mol. The molecule has 1 aliphatic carbocycles. The standard InChI is InChI=1S/C36H40Cl2N2O5/c1-36(2,3)45-35(42)39-19-18-29(26-13-8-12-25(20-26)24-10-6-5-7-11-24)32(31(39)22-44-23-43-4)34(41)40(28-16-17-28)21-27-14-9-15-30(37)33(27)38/h5-15,20,28,31H,16-19,21-23H2,1-4H3. The van der Waals surface area contributed by atoms with Gasteiger partial charge in [-0.2, -0.15) is 0 Å². The lowest BCUT2D eigenvalue weighted by atomic mass is 9.86. The SMILES string of the molecule is COCOCC1C(C(=O)N(Cc2cccc(Cl)c2Cl)C2CC2)=C(c2cccc(-c3ccccc3)c2)CCN1C(=O)OC(C)(C)C. The zero-order valence-electron chi connectivity index (χ0n) is 26.2. The zero-order valence-corrected chi connectivity index (χ0v) is 27.7. The highest BCUT2D eigenvalue weighted by atomic mass is 35.5. The van der Waals surface area contributed by atoms with Gasteiger partial charge < -0.3 is 19.1 Å². The Morgan fingerprint density at radius 2 is 1.62 bits per heavy atom. The topological polar surface area (TPSA) is 68.3 Å². The van der Waals surface area contributed by atoms with Gasteiger partial charge in [-0.25, -0.2) is 4.79 Å². The van der Waals surface area contributed by atoms with E-state index in [2.05, 4.69) is 24.3 Å². The van der Waals surface area contributed by atoms with Crippen molar-refractivity contribution in [3.05, 3.63) is 99.5 Å². The molecule has 1 heterocycles. The number of hydrogen-bond acceptors (Lipinski definition) is 5. The van der Waals surface area contributed by atoms with Crippen LogP contribution in [-0.2, 0) is 25.5 Å². The molecule has 2 aliphatic rings. The number of halogens is 2. The molecule has 238 valence electrons. The maximum Gasteiger partial charge on any atom is 0.410 e. The summed E-state index contributed by atoms with van der Waals surface area (Å²) in [5, 5.41) is 0.871. The van der Waals surface area contributed by atoms with Crippen LogP contribution in [0.25, 0.3) is 16.7 Å². The fourth-order valence-electron chi connectivity index (χ4n) is 5.69. The van der Waals surface area contributed by atoms with Crippen molar-refractivity contribution in [1.82, 2.24) is 9.80 Å². The van der Waals surface area contributed by atoms with Crippen molar-refractivity contribution in [3.63, 3.8) is 0 Å². The van der Waals surface area contributed by atoms with Crippen LogP contribution in [0.2, 0.25) is 10.0 Å². The number of amides is 2. The van der Waals surface area contributed by atoms with Crippen LogP contribution in [0.1, 0.15) is 51.2 Å². The largest absolute Gasteiger partial charge is 0.444 e. The Morgan fingerprint density at radius 1 is 0.933 bits per heavy atom. The number of rotatable bonds is 10. The molecule has 0 N–H and O–H groups in total. The van der Waals surface area contributed by atoms with E-state index in [0.717, 1.165) is 40.7 Å². The quantitative estimate of drug-likeness (QED) is 0.163. The summed E-state index contributed by atoms with van der Waals surface area (Å²) in [5.74, 6) is -0.159. The maximum absolute atomic E-state index is 14.9. The second kappa shape index (κ2) is 14.4. The van der Waals surface area contributed by atoms with Crippen LogP contribution < -0.4 is 0 Å². The van der Waals surface area contributed by atoms with Gasteiger partial charge >= 0.3 is 6.09 Å². The van der Waals surface area contributed by atoms with E-state index in [0.29, 0.717) is 35.1 Å². The van der Waals surface area contributed by atoms with Crippen LogP contribution in [0.3, 0.4) is 0 Å². The lowest BCUT2D eigenvalue weighted by Gasteiger charge is -2.40. The number of carbonyl (C=O) groups excluding carboxylic acids is 2. The van der Waals surface area contributed by atoms with Gasteiger partial charge in [-0.1, -0.05) is 83.9 Å². The van der Waals surface area contributed by atoms with Gasteiger partial charge in [0.2, 0.25) is 0 Å². The number of nitrogens with zero attached hydrogens (tertiary/aromatic N) is 2. The fraction of sp³-hybridized carbons (Fsp3) is 0.389. The highest BCUT2D eigenvalue weighted by molar-refractivity contribution is 6.42. The highest BCUT2D eigenvalue weighted by Gasteiger charge is 2.43. The van der Waals surface area contributed by atoms with Gasteiger partial charge in [-0.05, 0) is 80.0 Å². The van der Waals surface area contributed by atoms with Gasteiger partial charge in [0.15, 0.2) is 0 Å². The molecule has 7 nitrogen and oxygen atoms in total. The Bertz CT molecular complexity index is 1550. The third-order valence-corrected chi connectivity index (χ3v) is 8.77. The first-order chi connectivity index (χ1) is 21.6. The van der Waals surface area contributed by atoms with Gasteiger partial charge in [0.1, 0.15) is 12.4 Å². The molecule has 1 saturated carbocycles. The molecule has 1 fully saturated rings. The third-order valence-electron chi connectivity index (χ3n) is 7.91. The minimum atomic E-state index is -0.712. The van der Waals surface area contributed by atoms with Crippen LogP contribution in [-0.4, -0.2) is 66.5 Å². The van der Waals surface area contributed by atoms with Crippen LogP contribution in [0.15, 0.2) is 78.4 Å².